The van der Waals surface area contributed by atoms with E-state index >= 15 is 0 Å². The highest BCUT2D eigenvalue weighted by Gasteiger charge is 2.15. The molecule has 5 aromatic rings. The number of carbonyl (C=O) groups is 1. The van der Waals surface area contributed by atoms with E-state index in [0.717, 1.165) is 23.1 Å². The minimum absolute atomic E-state index is 0.165. The van der Waals surface area contributed by atoms with Crippen molar-refractivity contribution in [2.24, 2.45) is 7.05 Å². The molecule has 3 nitrogen and oxygen atoms in total. The van der Waals surface area contributed by atoms with E-state index in [9.17, 15) is 9.28 Å². The molecule has 0 bridgehead atoms. The van der Waals surface area contributed by atoms with Gasteiger partial charge < -0.3 is 4.57 Å². The number of hydrogen-bond acceptors (Lipinski definition) is 1. The van der Waals surface area contributed by atoms with Crippen LogP contribution in [0.5, 0.6) is 0 Å². The van der Waals surface area contributed by atoms with Crippen LogP contribution in [0.2, 0.25) is 0 Å². The summed E-state index contributed by atoms with van der Waals surface area (Å²) in [5, 5.41) is 3.84. The van der Waals surface area contributed by atoms with Gasteiger partial charge in [-0.15, -0.1) is 5.12 Å². The number of carbonyl (C=O) groups excluding carboxylic acids is 1. The summed E-state index contributed by atoms with van der Waals surface area (Å²) in [7, 11) is 2.06. The fraction of sp³-hybridized carbons (Fsp3) is 0.107. The van der Waals surface area contributed by atoms with Crippen molar-refractivity contribution < 1.29 is 9.28 Å². The molecule has 4 heteroatoms. The second-order valence-electron chi connectivity index (χ2n) is 8.17. The van der Waals surface area contributed by atoms with E-state index < -0.39 is 5.91 Å². The van der Waals surface area contributed by atoms with Gasteiger partial charge in [0.05, 0.1) is 5.69 Å². The molecule has 0 aliphatic rings. The van der Waals surface area contributed by atoms with E-state index in [2.05, 4.69) is 72.4 Å². The molecule has 0 atom stereocenters. The summed E-state index contributed by atoms with van der Waals surface area (Å²) in [5.74, 6) is -0.638. The molecule has 0 saturated heterocycles. The lowest BCUT2D eigenvalue weighted by atomic mass is 9.95. The molecular formula is C28H23FN2O. The van der Waals surface area contributed by atoms with E-state index in [1.54, 1.807) is 12.1 Å². The smallest absolute Gasteiger partial charge is 0.251 e. The molecule has 0 radical (unpaired) electrons. The van der Waals surface area contributed by atoms with Crippen LogP contribution in [-0.2, 0) is 18.3 Å². The molecule has 32 heavy (non-hydrogen) atoms. The molecule has 4 aromatic carbocycles. The van der Waals surface area contributed by atoms with Gasteiger partial charge in [0.1, 0.15) is 0 Å². The molecule has 0 spiro atoms. The maximum atomic E-state index is 13.9. The zero-order chi connectivity index (χ0) is 22.2. The highest BCUT2D eigenvalue weighted by Crippen LogP contribution is 2.34. The average molecular weight is 423 g/mol. The summed E-state index contributed by atoms with van der Waals surface area (Å²) in [4.78, 5) is 11.3. The SMILES string of the molecule is CC(=O)N(F)c1ccc(-c2cccc3c2c(Cc2ccc4ccccc4c2)cn3C)cc1. The van der Waals surface area contributed by atoms with Gasteiger partial charge in [-0.25, -0.2) is 0 Å². The summed E-state index contributed by atoms with van der Waals surface area (Å²) in [6.45, 7) is 1.21. The summed E-state index contributed by atoms with van der Waals surface area (Å²) < 4.78 is 16.1. The van der Waals surface area contributed by atoms with Crippen molar-refractivity contribution in [2.45, 2.75) is 13.3 Å². The fourth-order valence-electron chi connectivity index (χ4n) is 4.44. The number of halogens is 1. The van der Waals surface area contributed by atoms with E-state index in [4.69, 9.17) is 0 Å². The van der Waals surface area contributed by atoms with E-state index in [-0.39, 0.29) is 10.8 Å². The summed E-state index contributed by atoms with van der Waals surface area (Å²) in [6, 6.07) is 28.3. The lowest BCUT2D eigenvalue weighted by Crippen LogP contribution is -2.17. The van der Waals surface area contributed by atoms with Crippen LogP contribution >= 0.6 is 0 Å². The third-order valence-electron chi connectivity index (χ3n) is 5.98. The third kappa shape index (κ3) is 3.54. The zero-order valence-electron chi connectivity index (χ0n) is 18.0. The highest BCUT2D eigenvalue weighted by molar-refractivity contribution is 5.99. The summed E-state index contributed by atoms with van der Waals surface area (Å²) in [6.07, 6.45) is 3.01. The Labute approximate surface area is 186 Å². The van der Waals surface area contributed by atoms with Gasteiger partial charge in [-0.05, 0) is 57.6 Å². The monoisotopic (exact) mass is 422 g/mol. The maximum absolute atomic E-state index is 13.9. The number of hydrogen-bond donors (Lipinski definition) is 0. The van der Waals surface area contributed by atoms with E-state index in [1.807, 2.05) is 18.2 Å². The molecule has 158 valence electrons. The first kappa shape index (κ1) is 20.0. The van der Waals surface area contributed by atoms with Crippen molar-refractivity contribution in [1.29, 1.82) is 0 Å². The lowest BCUT2D eigenvalue weighted by molar-refractivity contribution is -0.119. The topological polar surface area (TPSA) is 25.2 Å². The Bertz CT molecular complexity index is 1450. The minimum atomic E-state index is -0.638. The number of aromatic nitrogens is 1. The first-order valence-electron chi connectivity index (χ1n) is 10.6. The number of anilines is 1. The molecule has 1 aromatic heterocycles. The Hall–Kier alpha value is -3.92. The van der Waals surface area contributed by atoms with Crippen molar-refractivity contribution in [3.05, 3.63) is 102 Å². The first-order chi connectivity index (χ1) is 15.5. The molecule has 0 fully saturated rings. The van der Waals surface area contributed by atoms with Crippen molar-refractivity contribution in [2.75, 3.05) is 5.12 Å². The van der Waals surface area contributed by atoms with Gasteiger partial charge >= 0.3 is 0 Å². The second-order valence-corrected chi connectivity index (χ2v) is 8.17. The van der Waals surface area contributed by atoms with Gasteiger partial charge in [0, 0.05) is 31.1 Å². The molecule has 1 heterocycles. The van der Waals surface area contributed by atoms with Crippen LogP contribution in [0.1, 0.15) is 18.1 Å². The standard InChI is InChI=1S/C28H23FN2O/c1-19(32)31(29)25-14-12-22(13-15-25)26-8-5-9-27-28(26)24(18-30(27)2)17-20-10-11-21-6-3-4-7-23(21)16-20/h3-16,18H,17H2,1-2H3. The molecule has 5 rings (SSSR count). The van der Waals surface area contributed by atoms with Crippen LogP contribution in [-0.4, -0.2) is 10.5 Å². The molecule has 0 unspecified atom stereocenters. The largest absolute Gasteiger partial charge is 0.350 e. The van der Waals surface area contributed by atoms with Crippen molar-refractivity contribution in [3.8, 4) is 11.1 Å². The van der Waals surface area contributed by atoms with Crippen LogP contribution in [0.4, 0.5) is 10.2 Å². The second kappa shape index (κ2) is 7.97. The lowest BCUT2D eigenvalue weighted by Gasteiger charge is -2.11. The Morgan fingerprint density at radius 2 is 1.66 bits per heavy atom. The van der Waals surface area contributed by atoms with Crippen LogP contribution in [0.15, 0.2) is 91.1 Å². The van der Waals surface area contributed by atoms with Gasteiger partial charge in [0.15, 0.2) is 0 Å². The van der Waals surface area contributed by atoms with Crippen LogP contribution in [0, 0.1) is 0 Å². The number of benzene rings is 4. The van der Waals surface area contributed by atoms with Gasteiger partial charge in [0.2, 0.25) is 0 Å². The van der Waals surface area contributed by atoms with Gasteiger partial charge in [-0.2, -0.15) is 0 Å². The van der Waals surface area contributed by atoms with E-state index in [1.165, 1.54) is 34.2 Å². The van der Waals surface area contributed by atoms with Gasteiger partial charge in [0.25, 0.3) is 5.91 Å². The van der Waals surface area contributed by atoms with Crippen LogP contribution < -0.4 is 5.12 Å². The normalized spacial score (nSPS) is 11.2. The fourth-order valence-corrected chi connectivity index (χ4v) is 4.44. The molecule has 0 aliphatic heterocycles. The number of aryl methyl sites for hydroxylation is 1. The Morgan fingerprint density at radius 1 is 0.906 bits per heavy atom. The minimum Gasteiger partial charge on any atom is -0.350 e. The zero-order valence-corrected chi connectivity index (χ0v) is 18.0. The molecule has 0 aliphatic carbocycles. The quantitative estimate of drug-likeness (QED) is 0.292. The Kier molecular flexibility index (Phi) is 4.98. The predicted octanol–water partition coefficient (Wildman–Crippen LogP) is 6.83. The van der Waals surface area contributed by atoms with Crippen molar-refractivity contribution in [1.82, 2.24) is 4.57 Å². The van der Waals surface area contributed by atoms with E-state index in [0.29, 0.717) is 0 Å². The van der Waals surface area contributed by atoms with Crippen LogP contribution in [0.3, 0.4) is 0 Å². The maximum Gasteiger partial charge on any atom is 0.251 e. The third-order valence-corrected chi connectivity index (χ3v) is 5.98. The summed E-state index contributed by atoms with van der Waals surface area (Å²) in [5.41, 5.74) is 5.97. The van der Waals surface area contributed by atoms with Crippen molar-refractivity contribution >= 4 is 33.3 Å². The summed E-state index contributed by atoms with van der Waals surface area (Å²) >= 11 is 0. The average Bonchev–Trinajstić information content (AvgIpc) is 3.14. The highest BCUT2D eigenvalue weighted by atomic mass is 19.2. The van der Waals surface area contributed by atoms with Gasteiger partial charge in [-0.1, -0.05) is 71.2 Å². The molecule has 0 N–H and O–H groups in total. The van der Waals surface area contributed by atoms with Gasteiger partial charge in [-0.3, -0.25) is 4.79 Å². The molecular weight excluding hydrogens is 399 g/mol. The predicted molar refractivity (Wildman–Crippen MR) is 129 cm³/mol. The Morgan fingerprint density at radius 3 is 2.41 bits per heavy atom. The molecule has 1 amide bonds. The van der Waals surface area contributed by atoms with Crippen molar-refractivity contribution in [3.63, 3.8) is 0 Å². The number of amides is 1. The van der Waals surface area contributed by atoms with Crippen LogP contribution in [0.25, 0.3) is 32.8 Å². The molecule has 0 saturated carbocycles. The number of fused-ring (bicyclic) bond motifs is 2. The number of rotatable bonds is 4. The number of nitrogens with zero attached hydrogens (tertiary/aromatic N) is 2. The Balaban J connectivity index is 1.58. The first-order valence-corrected chi connectivity index (χ1v) is 10.6.